The molecule has 5 nitrogen and oxygen atoms in total. The first-order valence-corrected chi connectivity index (χ1v) is 6.47. The van der Waals surface area contributed by atoms with Gasteiger partial charge < -0.3 is 15.5 Å². The van der Waals surface area contributed by atoms with Gasteiger partial charge >= 0.3 is 0 Å². The molecule has 0 radical (unpaired) electrons. The predicted octanol–water partition coefficient (Wildman–Crippen LogP) is 2.30. The minimum Gasteiger partial charge on any atom is -0.465 e. The molecule has 102 valence electrons. The van der Waals surface area contributed by atoms with E-state index in [1.165, 1.54) is 12.3 Å². The number of primary amides is 1. The zero-order valence-corrected chi connectivity index (χ0v) is 11.9. The smallest absolute Gasteiger partial charge is 0.265 e. The molecule has 2 rings (SSSR count). The van der Waals surface area contributed by atoms with Gasteiger partial charge in [0.05, 0.1) is 6.26 Å². The number of carbonyl (C=O) groups excluding carboxylic acids is 2. The first-order chi connectivity index (χ1) is 9.56. The molecule has 2 aromatic rings. The maximum Gasteiger partial charge on any atom is 0.265 e. The van der Waals surface area contributed by atoms with E-state index in [1.54, 1.807) is 36.4 Å². The second-order valence-electron chi connectivity index (χ2n) is 3.90. The molecular formula is C14H11BrN2O3. The third kappa shape index (κ3) is 3.58. The lowest BCUT2D eigenvalue weighted by atomic mass is 10.2. The van der Waals surface area contributed by atoms with Crippen LogP contribution in [0.15, 0.2) is 57.2 Å². The highest BCUT2D eigenvalue weighted by molar-refractivity contribution is 9.10. The van der Waals surface area contributed by atoms with E-state index in [0.717, 1.165) is 4.47 Å². The average Bonchev–Trinajstić information content (AvgIpc) is 2.90. The van der Waals surface area contributed by atoms with Crippen LogP contribution in [0.4, 0.5) is 0 Å². The zero-order chi connectivity index (χ0) is 14.5. The van der Waals surface area contributed by atoms with Crippen LogP contribution in [0.3, 0.4) is 0 Å². The number of hydrogen-bond acceptors (Lipinski definition) is 3. The van der Waals surface area contributed by atoms with Gasteiger partial charge in [0.15, 0.2) is 0 Å². The summed E-state index contributed by atoms with van der Waals surface area (Å²) in [5, 5.41) is 2.47. The molecule has 0 bridgehead atoms. The fourth-order valence-corrected chi connectivity index (χ4v) is 1.91. The van der Waals surface area contributed by atoms with Crippen molar-refractivity contribution in [2.45, 2.75) is 0 Å². The third-order valence-electron chi connectivity index (χ3n) is 2.43. The third-order valence-corrected chi connectivity index (χ3v) is 2.92. The number of carbonyl (C=O) groups is 2. The molecule has 0 saturated carbocycles. The van der Waals surface area contributed by atoms with Crippen LogP contribution in [0.2, 0.25) is 0 Å². The van der Waals surface area contributed by atoms with Crippen molar-refractivity contribution in [1.29, 1.82) is 0 Å². The van der Waals surface area contributed by atoms with Crippen molar-refractivity contribution >= 4 is 33.8 Å². The van der Waals surface area contributed by atoms with Gasteiger partial charge in [-0.2, -0.15) is 0 Å². The highest BCUT2D eigenvalue weighted by Crippen LogP contribution is 2.12. The molecule has 0 aliphatic carbocycles. The number of nitrogens with two attached hydrogens (primary N) is 1. The van der Waals surface area contributed by atoms with E-state index in [1.807, 2.05) is 0 Å². The van der Waals surface area contributed by atoms with Crippen molar-refractivity contribution in [3.8, 4) is 0 Å². The van der Waals surface area contributed by atoms with E-state index >= 15 is 0 Å². The van der Waals surface area contributed by atoms with Gasteiger partial charge in [0.1, 0.15) is 11.5 Å². The van der Waals surface area contributed by atoms with E-state index in [0.29, 0.717) is 11.3 Å². The summed E-state index contributed by atoms with van der Waals surface area (Å²) in [5.74, 6) is -0.749. The Balaban J connectivity index is 2.21. The molecule has 3 N–H and O–H groups in total. The van der Waals surface area contributed by atoms with Crippen molar-refractivity contribution < 1.29 is 14.0 Å². The fraction of sp³-hybridized carbons (Fsp3) is 0. The summed E-state index contributed by atoms with van der Waals surface area (Å²) >= 11 is 3.27. The monoisotopic (exact) mass is 334 g/mol. The Labute approximate surface area is 123 Å². The largest absolute Gasteiger partial charge is 0.465 e. The highest BCUT2D eigenvalue weighted by Gasteiger charge is 2.12. The van der Waals surface area contributed by atoms with Crippen molar-refractivity contribution in [2.24, 2.45) is 5.73 Å². The molecule has 2 amide bonds. The van der Waals surface area contributed by atoms with E-state index in [-0.39, 0.29) is 5.70 Å². The van der Waals surface area contributed by atoms with Gasteiger partial charge in [0.2, 0.25) is 0 Å². The second-order valence-corrected chi connectivity index (χ2v) is 4.82. The summed E-state index contributed by atoms with van der Waals surface area (Å²) < 4.78 is 5.84. The molecular weight excluding hydrogens is 324 g/mol. The van der Waals surface area contributed by atoms with Crippen LogP contribution < -0.4 is 11.1 Å². The molecule has 1 aromatic heterocycles. The molecule has 0 saturated heterocycles. The van der Waals surface area contributed by atoms with Crippen LogP contribution >= 0.6 is 15.9 Å². The Morgan fingerprint density at radius 3 is 2.65 bits per heavy atom. The Hall–Kier alpha value is -2.34. The molecule has 0 aliphatic rings. The first-order valence-electron chi connectivity index (χ1n) is 5.68. The van der Waals surface area contributed by atoms with Gasteiger partial charge in [0, 0.05) is 16.1 Å². The highest BCUT2D eigenvalue weighted by atomic mass is 79.9. The summed E-state index contributed by atoms with van der Waals surface area (Å²) in [6.45, 7) is 0. The van der Waals surface area contributed by atoms with E-state index in [2.05, 4.69) is 21.2 Å². The number of benzene rings is 1. The number of hydrogen-bond donors (Lipinski definition) is 2. The summed E-state index contributed by atoms with van der Waals surface area (Å²) in [6.07, 6.45) is 2.83. The van der Waals surface area contributed by atoms with Gasteiger partial charge in [-0.1, -0.05) is 22.0 Å². The molecule has 0 unspecified atom stereocenters. The zero-order valence-electron chi connectivity index (χ0n) is 10.3. The lowest BCUT2D eigenvalue weighted by molar-refractivity contribution is -0.114. The van der Waals surface area contributed by atoms with E-state index < -0.39 is 11.8 Å². The second kappa shape index (κ2) is 6.21. The predicted molar refractivity (Wildman–Crippen MR) is 77.5 cm³/mol. The SMILES string of the molecule is NC(=O)C(=Cc1ccco1)NC(=O)c1cccc(Br)c1. The molecule has 1 aromatic carbocycles. The summed E-state index contributed by atoms with van der Waals surface area (Å²) in [6, 6.07) is 10.1. The van der Waals surface area contributed by atoms with Crippen molar-refractivity contribution in [3.05, 3.63) is 64.2 Å². The molecule has 0 atom stereocenters. The summed E-state index contributed by atoms with van der Waals surface area (Å²) in [7, 11) is 0. The van der Waals surface area contributed by atoms with Crippen molar-refractivity contribution in [1.82, 2.24) is 5.32 Å². The van der Waals surface area contributed by atoms with Crippen LogP contribution in [0.5, 0.6) is 0 Å². The van der Waals surface area contributed by atoms with Gasteiger partial charge in [-0.25, -0.2) is 0 Å². The lowest BCUT2D eigenvalue weighted by Gasteiger charge is -2.06. The first kappa shape index (κ1) is 14.1. The lowest BCUT2D eigenvalue weighted by Crippen LogP contribution is -2.31. The average molecular weight is 335 g/mol. The number of halogens is 1. The van der Waals surface area contributed by atoms with Gasteiger partial charge in [-0.05, 0) is 30.3 Å². The Morgan fingerprint density at radius 2 is 2.05 bits per heavy atom. The Bertz CT molecular complexity index is 663. The van der Waals surface area contributed by atoms with E-state index in [4.69, 9.17) is 10.2 Å². The Morgan fingerprint density at radius 1 is 1.25 bits per heavy atom. The Kier molecular flexibility index (Phi) is 4.37. The normalized spacial score (nSPS) is 11.2. The summed E-state index contributed by atoms with van der Waals surface area (Å²) in [4.78, 5) is 23.4. The molecule has 0 fully saturated rings. The van der Waals surface area contributed by atoms with Gasteiger partial charge in [-0.15, -0.1) is 0 Å². The maximum atomic E-state index is 12.0. The molecule has 1 heterocycles. The molecule has 6 heteroatoms. The number of furan rings is 1. The summed E-state index contributed by atoms with van der Waals surface area (Å²) in [5.41, 5.74) is 5.61. The maximum absolute atomic E-state index is 12.0. The van der Waals surface area contributed by atoms with Gasteiger partial charge in [-0.3, -0.25) is 9.59 Å². The topological polar surface area (TPSA) is 85.3 Å². The van der Waals surface area contributed by atoms with Crippen molar-refractivity contribution in [2.75, 3.05) is 0 Å². The standard InChI is InChI=1S/C14H11BrN2O3/c15-10-4-1-3-9(7-10)14(19)17-12(13(16)18)8-11-5-2-6-20-11/h1-8H,(H2,16,18)(H,17,19). The minimum absolute atomic E-state index is 0.0371. The number of amides is 2. The van der Waals surface area contributed by atoms with Crippen LogP contribution in [0, 0.1) is 0 Å². The molecule has 0 aliphatic heterocycles. The number of rotatable bonds is 4. The van der Waals surface area contributed by atoms with Crippen molar-refractivity contribution in [3.63, 3.8) is 0 Å². The fourth-order valence-electron chi connectivity index (χ4n) is 1.51. The molecule has 20 heavy (non-hydrogen) atoms. The van der Waals surface area contributed by atoms with Crippen LogP contribution in [-0.4, -0.2) is 11.8 Å². The van der Waals surface area contributed by atoms with E-state index in [9.17, 15) is 9.59 Å². The van der Waals surface area contributed by atoms with Gasteiger partial charge in [0.25, 0.3) is 11.8 Å². The quantitative estimate of drug-likeness (QED) is 0.841. The van der Waals surface area contributed by atoms with Crippen LogP contribution in [0.25, 0.3) is 6.08 Å². The minimum atomic E-state index is -0.746. The van der Waals surface area contributed by atoms with Crippen LogP contribution in [0.1, 0.15) is 16.1 Å². The molecule has 0 spiro atoms. The number of nitrogens with one attached hydrogen (secondary N) is 1. The van der Waals surface area contributed by atoms with Crippen LogP contribution in [-0.2, 0) is 4.79 Å².